The molecule has 2 aliphatic rings. The van der Waals surface area contributed by atoms with E-state index < -0.39 is 0 Å². The predicted molar refractivity (Wildman–Crippen MR) is 91.1 cm³/mol. The van der Waals surface area contributed by atoms with Crippen molar-refractivity contribution in [2.24, 2.45) is 5.92 Å². The fourth-order valence-electron chi connectivity index (χ4n) is 3.47. The van der Waals surface area contributed by atoms with Gasteiger partial charge in [-0.15, -0.1) is 0 Å². The van der Waals surface area contributed by atoms with Crippen molar-refractivity contribution in [1.29, 1.82) is 0 Å². The Morgan fingerprint density at radius 1 is 0.875 bits per heavy atom. The first-order valence-corrected chi connectivity index (χ1v) is 8.57. The summed E-state index contributed by atoms with van der Waals surface area (Å²) in [6.45, 7) is 3.48. The zero-order chi connectivity index (χ0) is 16.2. The zero-order valence-corrected chi connectivity index (χ0v) is 13.7. The SMILES string of the molecule is c1ccc(CO[C@@H]2COC[C@@H]3[C@H]2CON3Cc2ccccc2)cc1. The van der Waals surface area contributed by atoms with Crippen LogP contribution in [0.5, 0.6) is 0 Å². The first kappa shape index (κ1) is 15.8. The van der Waals surface area contributed by atoms with Crippen LogP contribution in [0, 0.1) is 5.92 Å². The number of benzene rings is 2. The third-order valence-electron chi connectivity index (χ3n) is 4.83. The van der Waals surface area contributed by atoms with Crippen molar-refractivity contribution in [3.05, 3.63) is 71.8 Å². The summed E-state index contributed by atoms with van der Waals surface area (Å²) in [4.78, 5) is 5.96. The smallest absolute Gasteiger partial charge is 0.0880 e. The van der Waals surface area contributed by atoms with Crippen molar-refractivity contribution in [1.82, 2.24) is 5.06 Å². The van der Waals surface area contributed by atoms with E-state index in [1.54, 1.807) is 0 Å². The number of hydrogen-bond donors (Lipinski definition) is 0. The minimum absolute atomic E-state index is 0.0877. The number of fused-ring (bicyclic) bond motifs is 1. The molecule has 4 heteroatoms. The van der Waals surface area contributed by atoms with Gasteiger partial charge in [-0.25, -0.2) is 0 Å². The molecule has 0 spiro atoms. The molecular formula is C20H23NO3. The molecule has 0 unspecified atom stereocenters. The first-order chi connectivity index (χ1) is 11.9. The van der Waals surface area contributed by atoms with E-state index in [0.717, 1.165) is 6.54 Å². The van der Waals surface area contributed by atoms with Crippen LogP contribution in [0.2, 0.25) is 0 Å². The highest BCUT2D eigenvalue weighted by Crippen LogP contribution is 2.31. The molecule has 2 heterocycles. The number of nitrogens with zero attached hydrogens (tertiary/aromatic N) is 1. The Bertz CT molecular complexity index is 634. The molecule has 24 heavy (non-hydrogen) atoms. The topological polar surface area (TPSA) is 30.9 Å². The summed E-state index contributed by atoms with van der Waals surface area (Å²) in [6.07, 6.45) is 0.0877. The second kappa shape index (κ2) is 7.45. The highest BCUT2D eigenvalue weighted by Gasteiger charge is 2.44. The monoisotopic (exact) mass is 325 g/mol. The van der Waals surface area contributed by atoms with Crippen LogP contribution in [0.25, 0.3) is 0 Å². The highest BCUT2D eigenvalue weighted by atomic mass is 16.7. The van der Waals surface area contributed by atoms with Gasteiger partial charge in [0.05, 0.1) is 38.6 Å². The number of hydrogen-bond acceptors (Lipinski definition) is 4. The van der Waals surface area contributed by atoms with Crippen LogP contribution in [0.4, 0.5) is 0 Å². The first-order valence-electron chi connectivity index (χ1n) is 8.57. The summed E-state index contributed by atoms with van der Waals surface area (Å²) in [7, 11) is 0. The molecule has 126 valence electrons. The lowest BCUT2D eigenvalue weighted by Gasteiger charge is -2.34. The van der Waals surface area contributed by atoms with Crippen molar-refractivity contribution < 1.29 is 14.3 Å². The molecule has 0 saturated carbocycles. The maximum atomic E-state index is 6.15. The van der Waals surface area contributed by atoms with Gasteiger partial charge in [0.2, 0.25) is 0 Å². The number of ether oxygens (including phenoxy) is 2. The average Bonchev–Trinajstić information content (AvgIpc) is 3.05. The second-order valence-corrected chi connectivity index (χ2v) is 6.46. The quantitative estimate of drug-likeness (QED) is 0.845. The molecule has 2 saturated heterocycles. The largest absolute Gasteiger partial charge is 0.377 e. The average molecular weight is 325 g/mol. The predicted octanol–water partition coefficient (Wildman–Crippen LogP) is 3.03. The zero-order valence-electron chi connectivity index (χ0n) is 13.7. The molecule has 2 aromatic rings. The van der Waals surface area contributed by atoms with E-state index in [1.807, 2.05) is 24.3 Å². The molecule has 2 aromatic carbocycles. The van der Waals surface area contributed by atoms with E-state index >= 15 is 0 Å². The van der Waals surface area contributed by atoms with Gasteiger partial charge in [0.25, 0.3) is 0 Å². The number of rotatable bonds is 5. The third kappa shape index (κ3) is 3.52. The molecule has 2 fully saturated rings. The highest BCUT2D eigenvalue weighted by molar-refractivity contribution is 5.15. The standard InChI is InChI=1S/C20H23NO3/c1-3-7-16(8-4-1)11-21-19-14-22-15-20(18(19)13-24-21)23-12-17-9-5-2-6-10-17/h1-10,18-20H,11-15H2/t18-,19-,20-/m1/s1. The molecule has 0 amide bonds. The summed E-state index contributed by atoms with van der Waals surface area (Å²) in [5.41, 5.74) is 2.45. The van der Waals surface area contributed by atoms with Gasteiger partial charge in [-0.05, 0) is 11.1 Å². The number of hydroxylamine groups is 2. The lowest BCUT2D eigenvalue weighted by molar-refractivity contribution is -0.160. The van der Waals surface area contributed by atoms with Crippen molar-refractivity contribution in [2.75, 3.05) is 19.8 Å². The molecule has 4 rings (SSSR count). The Morgan fingerprint density at radius 3 is 2.33 bits per heavy atom. The molecule has 3 atom stereocenters. The summed E-state index contributed by atoms with van der Waals surface area (Å²) >= 11 is 0. The Kier molecular flexibility index (Phi) is 4.90. The van der Waals surface area contributed by atoms with Gasteiger partial charge in [0.1, 0.15) is 0 Å². The molecular weight excluding hydrogens is 302 g/mol. The van der Waals surface area contributed by atoms with Gasteiger partial charge in [-0.2, -0.15) is 5.06 Å². The maximum absolute atomic E-state index is 6.15. The lowest BCUT2D eigenvalue weighted by Crippen LogP contribution is -2.47. The minimum Gasteiger partial charge on any atom is -0.377 e. The van der Waals surface area contributed by atoms with Crippen LogP contribution < -0.4 is 0 Å². The maximum Gasteiger partial charge on any atom is 0.0880 e. The van der Waals surface area contributed by atoms with Gasteiger partial charge >= 0.3 is 0 Å². The minimum atomic E-state index is 0.0877. The van der Waals surface area contributed by atoms with Gasteiger partial charge in [0, 0.05) is 12.5 Å². The summed E-state index contributed by atoms with van der Waals surface area (Å²) < 4.78 is 12.0. The molecule has 0 radical (unpaired) electrons. The molecule has 0 aromatic heterocycles. The van der Waals surface area contributed by atoms with Crippen LogP contribution in [-0.4, -0.2) is 37.0 Å². The van der Waals surface area contributed by atoms with E-state index in [9.17, 15) is 0 Å². The Labute approximate surface area is 142 Å². The van der Waals surface area contributed by atoms with Crippen molar-refractivity contribution in [2.45, 2.75) is 25.3 Å². The molecule has 0 bridgehead atoms. The van der Waals surface area contributed by atoms with E-state index in [4.69, 9.17) is 14.3 Å². The Morgan fingerprint density at radius 2 is 1.58 bits per heavy atom. The van der Waals surface area contributed by atoms with E-state index in [0.29, 0.717) is 32.3 Å². The van der Waals surface area contributed by atoms with Crippen LogP contribution in [0.15, 0.2) is 60.7 Å². The van der Waals surface area contributed by atoms with Gasteiger partial charge in [-0.1, -0.05) is 60.7 Å². The van der Waals surface area contributed by atoms with Gasteiger partial charge < -0.3 is 9.47 Å². The van der Waals surface area contributed by atoms with Crippen LogP contribution in [0.1, 0.15) is 11.1 Å². The molecule has 2 aliphatic heterocycles. The molecule has 0 N–H and O–H groups in total. The summed E-state index contributed by atoms with van der Waals surface area (Å²) in [5, 5.41) is 2.07. The molecule has 4 nitrogen and oxygen atoms in total. The Balaban J connectivity index is 1.37. The fraction of sp³-hybridized carbons (Fsp3) is 0.400. The summed E-state index contributed by atoms with van der Waals surface area (Å²) in [6, 6.07) is 21.0. The van der Waals surface area contributed by atoms with Crippen LogP contribution >= 0.6 is 0 Å². The summed E-state index contributed by atoms with van der Waals surface area (Å²) in [5.74, 6) is 0.367. The van der Waals surface area contributed by atoms with Crippen LogP contribution in [0.3, 0.4) is 0 Å². The van der Waals surface area contributed by atoms with E-state index in [2.05, 4.69) is 41.5 Å². The fourth-order valence-corrected chi connectivity index (χ4v) is 3.47. The van der Waals surface area contributed by atoms with Gasteiger partial charge in [0.15, 0.2) is 0 Å². The van der Waals surface area contributed by atoms with Crippen molar-refractivity contribution in [3.8, 4) is 0 Å². The van der Waals surface area contributed by atoms with E-state index in [1.165, 1.54) is 11.1 Å². The lowest BCUT2D eigenvalue weighted by atomic mass is 9.93. The normalized spacial score (nSPS) is 27.1. The van der Waals surface area contributed by atoms with Crippen LogP contribution in [-0.2, 0) is 27.5 Å². The van der Waals surface area contributed by atoms with E-state index in [-0.39, 0.29) is 12.1 Å². The van der Waals surface area contributed by atoms with Crippen molar-refractivity contribution >= 4 is 0 Å². The third-order valence-corrected chi connectivity index (χ3v) is 4.83. The Hall–Kier alpha value is -1.72. The second-order valence-electron chi connectivity index (χ2n) is 6.46. The molecule has 0 aliphatic carbocycles. The van der Waals surface area contributed by atoms with Gasteiger partial charge in [-0.3, -0.25) is 4.84 Å². The van der Waals surface area contributed by atoms with Crippen molar-refractivity contribution in [3.63, 3.8) is 0 Å².